The molecule has 1 aliphatic rings. The molecule has 84 valence electrons. The Balaban J connectivity index is 2.36. The Morgan fingerprint density at radius 1 is 1.43 bits per heavy atom. The van der Waals surface area contributed by atoms with E-state index in [9.17, 15) is 13.2 Å². The van der Waals surface area contributed by atoms with Gasteiger partial charge in [-0.1, -0.05) is 0 Å². The molecule has 0 aromatic heterocycles. The van der Waals surface area contributed by atoms with Gasteiger partial charge in [-0.2, -0.15) is 13.2 Å². The first-order chi connectivity index (χ1) is 6.54. The standard InChI is InChI=1S/C8H15F3N2O/c9-8(10,11)13-4-1-2-7(6-13)14-5-3-12/h7H,1-6,12H2/t7-/m0/s1. The van der Waals surface area contributed by atoms with E-state index in [1.165, 1.54) is 0 Å². The van der Waals surface area contributed by atoms with E-state index in [2.05, 4.69) is 0 Å². The molecule has 3 nitrogen and oxygen atoms in total. The molecule has 0 saturated carbocycles. The molecule has 0 bridgehead atoms. The first-order valence-corrected chi connectivity index (χ1v) is 4.67. The third-order valence-corrected chi connectivity index (χ3v) is 2.21. The van der Waals surface area contributed by atoms with E-state index in [1.807, 2.05) is 0 Å². The van der Waals surface area contributed by atoms with Gasteiger partial charge >= 0.3 is 6.30 Å². The molecule has 6 heteroatoms. The highest BCUT2D eigenvalue weighted by Gasteiger charge is 2.39. The molecular weight excluding hydrogens is 197 g/mol. The van der Waals surface area contributed by atoms with Crippen molar-refractivity contribution in [1.82, 2.24) is 4.90 Å². The summed E-state index contributed by atoms with van der Waals surface area (Å²) in [6.07, 6.45) is -3.35. The molecule has 0 radical (unpaired) electrons. The molecule has 14 heavy (non-hydrogen) atoms. The van der Waals surface area contributed by atoms with E-state index in [-0.39, 0.29) is 19.2 Å². The Labute approximate surface area is 81.0 Å². The van der Waals surface area contributed by atoms with Crippen LogP contribution >= 0.6 is 0 Å². The van der Waals surface area contributed by atoms with Gasteiger partial charge in [-0.25, -0.2) is 4.90 Å². The normalized spacial score (nSPS) is 25.3. The van der Waals surface area contributed by atoms with Gasteiger partial charge in [0.25, 0.3) is 0 Å². The molecule has 1 saturated heterocycles. The van der Waals surface area contributed by atoms with Gasteiger partial charge in [0.15, 0.2) is 0 Å². The molecule has 0 aliphatic carbocycles. The van der Waals surface area contributed by atoms with Crippen LogP contribution < -0.4 is 5.73 Å². The Bertz CT molecular complexity index is 174. The molecular formula is C8H15F3N2O. The lowest BCUT2D eigenvalue weighted by atomic mass is 10.1. The maximum atomic E-state index is 12.3. The van der Waals surface area contributed by atoms with Crippen molar-refractivity contribution in [1.29, 1.82) is 0 Å². The molecule has 1 atom stereocenters. The van der Waals surface area contributed by atoms with E-state index >= 15 is 0 Å². The van der Waals surface area contributed by atoms with Crippen LogP contribution in [0.25, 0.3) is 0 Å². The Kier molecular flexibility index (Phi) is 4.15. The molecule has 1 fully saturated rings. The van der Waals surface area contributed by atoms with Crippen LogP contribution in [0.2, 0.25) is 0 Å². The number of piperidine rings is 1. The lowest BCUT2D eigenvalue weighted by molar-refractivity contribution is -0.258. The monoisotopic (exact) mass is 212 g/mol. The number of ether oxygens (including phenoxy) is 1. The highest BCUT2D eigenvalue weighted by molar-refractivity contribution is 4.74. The minimum absolute atomic E-state index is 0.0660. The van der Waals surface area contributed by atoms with Crippen molar-refractivity contribution in [3.05, 3.63) is 0 Å². The van der Waals surface area contributed by atoms with Gasteiger partial charge in [0.2, 0.25) is 0 Å². The maximum absolute atomic E-state index is 12.3. The van der Waals surface area contributed by atoms with Gasteiger partial charge < -0.3 is 10.5 Å². The fourth-order valence-electron chi connectivity index (χ4n) is 1.54. The number of alkyl halides is 3. The molecule has 0 spiro atoms. The Morgan fingerprint density at radius 3 is 2.71 bits per heavy atom. The van der Waals surface area contributed by atoms with E-state index < -0.39 is 6.30 Å². The van der Waals surface area contributed by atoms with Crippen LogP contribution in [0.15, 0.2) is 0 Å². The second-order valence-electron chi connectivity index (χ2n) is 3.34. The molecule has 2 N–H and O–H groups in total. The van der Waals surface area contributed by atoms with Gasteiger partial charge in [0.1, 0.15) is 0 Å². The van der Waals surface area contributed by atoms with E-state index in [4.69, 9.17) is 10.5 Å². The molecule has 0 aromatic rings. The van der Waals surface area contributed by atoms with Crippen LogP contribution in [0.1, 0.15) is 12.8 Å². The van der Waals surface area contributed by atoms with Crippen LogP contribution in [-0.4, -0.2) is 43.5 Å². The maximum Gasteiger partial charge on any atom is 0.460 e. The van der Waals surface area contributed by atoms with Crippen LogP contribution in [0.4, 0.5) is 13.2 Å². The summed E-state index contributed by atoms with van der Waals surface area (Å²) >= 11 is 0. The van der Waals surface area contributed by atoms with Crippen LogP contribution in [0, 0.1) is 0 Å². The van der Waals surface area contributed by atoms with E-state index in [0.717, 1.165) is 0 Å². The predicted octanol–water partition coefficient (Wildman–Crippen LogP) is 0.946. The molecule has 0 amide bonds. The highest BCUT2D eigenvalue weighted by atomic mass is 19.4. The van der Waals surface area contributed by atoms with Crippen molar-refractivity contribution in [2.24, 2.45) is 5.73 Å². The van der Waals surface area contributed by atoms with Gasteiger partial charge in [-0.05, 0) is 12.8 Å². The number of rotatable bonds is 3. The first-order valence-electron chi connectivity index (χ1n) is 4.67. The highest BCUT2D eigenvalue weighted by Crippen LogP contribution is 2.26. The summed E-state index contributed by atoms with van der Waals surface area (Å²) in [7, 11) is 0. The average Bonchev–Trinajstić information content (AvgIpc) is 2.14. The molecule has 1 rings (SSSR count). The predicted molar refractivity (Wildman–Crippen MR) is 45.7 cm³/mol. The third kappa shape index (κ3) is 3.43. The fraction of sp³-hybridized carbons (Fsp3) is 1.00. The fourth-order valence-corrected chi connectivity index (χ4v) is 1.54. The van der Waals surface area contributed by atoms with Crippen LogP contribution in [0.5, 0.6) is 0 Å². The summed E-state index contributed by atoms with van der Waals surface area (Å²) < 4.78 is 42.0. The summed E-state index contributed by atoms with van der Waals surface area (Å²) in [5.41, 5.74) is 5.21. The smallest absolute Gasteiger partial charge is 0.376 e. The van der Waals surface area contributed by atoms with Crippen molar-refractivity contribution in [2.45, 2.75) is 25.2 Å². The zero-order valence-electron chi connectivity index (χ0n) is 7.89. The second-order valence-corrected chi connectivity index (χ2v) is 3.34. The average molecular weight is 212 g/mol. The third-order valence-electron chi connectivity index (χ3n) is 2.21. The molecule has 0 unspecified atom stereocenters. The molecule has 1 heterocycles. The number of hydrogen-bond acceptors (Lipinski definition) is 3. The van der Waals surface area contributed by atoms with Crippen LogP contribution in [0.3, 0.4) is 0 Å². The van der Waals surface area contributed by atoms with Crippen molar-refractivity contribution < 1.29 is 17.9 Å². The lowest BCUT2D eigenvalue weighted by Gasteiger charge is -2.33. The summed E-state index contributed by atoms with van der Waals surface area (Å²) in [6, 6.07) is 0. The summed E-state index contributed by atoms with van der Waals surface area (Å²) in [5, 5.41) is 0. The number of likely N-dealkylation sites (tertiary alicyclic amines) is 1. The minimum Gasteiger partial charge on any atom is -0.376 e. The summed E-state index contributed by atoms with van der Waals surface area (Å²) in [5.74, 6) is 0. The first kappa shape index (κ1) is 11.7. The Morgan fingerprint density at radius 2 is 2.14 bits per heavy atom. The Hall–Kier alpha value is -0.330. The van der Waals surface area contributed by atoms with Crippen molar-refractivity contribution in [3.8, 4) is 0 Å². The van der Waals surface area contributed by atoms with Gasteiger partial charge in [-0.3, -0.25) is 0 Å². The SMILES string of the molecule is NCCO[C@H]1CCCN(C(F)(F)F)C1. The van der Waals surface area contributed by atoms with Gasteiger partial charge in [0, 0.05) is 19.6 Å². The van der Waals surface area contributed by atoms with Crippen LogP contribution in [-0.2, 0) is 4.74 Å². The van der Waals surface area contributed by atoms with E-state index in [0.29, 0.717) is 30.9 Å². The van der Waals surface area contributed by atoms with Crippen molar-refractivity contribution in [3.63, 3.8) is 0 Å². The number of nitrogens with two attached hydrogens (primary N) is 1. The minimum atomic E-state index is -4.23. The molecule has 1 aliphatic heterocycles. The molecule has 0 aromatic carbocycles. The largest absolute Gasteiger partial charge is 0.460 e. The number of halogens is 3. The van der Waals surface area contributed by atoms with Gasteiger partial charge in [-0.15, -0.1) is 0 Å². The number of hydrogen-bond donors (Lipinski definition) is 1. The lowest BCUT2D eigenvalue weighted by Crippen LogP contribution is -2.47. The van der Waals surface area contributed by atoms with Gasteiger partial charge in [0.05, 0.1) is 12.7 Å². The summed E-state index contributed by atoms with van der Waals surface area (Å²) in [6.45, 7) is 0.689. The topological polar surface area (TPSA) is 38.5 Å². The van der Waals surface area contributed by atoms with Crippen molar-refractivity contribution in [2.75, 3.05) is 26.2 Å². The zero-order valence-corrected chi connectivity index (χ0v) is 7.89. The van der Waals surface area contributed by atoms with Crippen molar-refractivity contribution >= 4 is 0 Å². The number of nitrogens with zero attached hydrogens (tertiary/aromatic N) is 1. The van der Waals surface area contributed by atoms with E-state index in [1.54, 1.807) is 0 Å². The summed E-state index contributed by atoms with van der Waals surface area (Å²) in [4.78, 5) is 0.498. The second kappa shape index (κ2) is 4.95. The quantitative estimate of drug-likeness (QED) is 0.708. The zero-order chi connectivity index (χ0) is 10.6.